The minimum atomic E-state index is -1.68. The van der Waals surface area contributed by atoms with Gasteiger partial charge in [-0.05, 0) is 0 Å². The van der Waals surface area contributed by atoms with Gasteiger partial charge in [-0.3, -0.25) is 9.97 Å². The molecule has 0 aliphatic carbocycles. The molecule has 72 valence electrons. The van der Waals surface area contributed by atoms with Gasteiger partial charge >= 0.3 is 0 Å². The lowest BCUT2D eigenvalue weighted by atomic mass is 10.2. The Kier molecular flexibility index (Phi) is 3.74. The van der Waals surface area contributed by atoms with Crippen molar-refractivity contribution in [2.24, 2.45) is 0 Å². The molecule has 1 aromatic rings. The Morgan fingerprint density at radius 2 is 2.08 bits per heavy atom. The molecule has 1 rings (SSSR count). The van der Waals surface area contributed by atoms with E-state index in [1.807, 2.05) is 0 Å². The fourth-order valence-electron chi connectivity index (χ4n) is 0.749. The summed E-state index contributed by atoms with van der Waals surface area (Å²) in [5.41, 5.74) is 0.585. The number of hydrogen-bond acceptors (Lipinski definition) is 3. The van der Waals surface area contributed by atoms with E-state index in [0.29, 0.717) is 5.69 Å². The summed E-state index contributed by atoms with van der Waals surface area (Å²) in [6.07, 6.45) is 3.66. The van der Waals surface area contributed by atoms with Crippen LogP contribution in [0.1, 0.15) is 5.69 Å². The molecule has 0 aliphatic heterocycles. The molecule has 0 saturated heterocycles. The van der Waals surface area contributed by atoms with E-state index in [0.717, 1.165) is 0 Å². The summed E-state index contributed by atoms with van der Waals surface area (Å²) in [6.45, 7) is 0. The first kappa shape index (κ1) is 11.0. The molecule has 0 radical (unpaired) electrons. The standard InChI is InChI=1S/C7H7Cl3N2O/c8-7(9,10)6(13)3-5-4-11-1-2-12-5/h1-2,4,6,13H,3H2. The zero-order valence-electron chi connectivity index (χ0n) is 6.49. The summed E-state index contributed by atoms with van der Waals surface area (Å²) >= 11 is 16.4. The minimum absolute atomic E-state index is 0.171. The second-order valence-corrected chi connectivity index (χ2v) is 4.83. The Hall–Kier alpha value is -0.0900. The van der Waals surface area contributed by atoms with E-state index in [9.17, 15) is 5.11 Å². The predicted octanol–water partition coefficient (Wildman–Crippen LogP) is 1.75. The smallest absolute Gasteiger partial charge is 0.216 e. The zero-order valence-corrected chi connectivity index (χ0v) is 8.76. The van der Waals surface area contributed by atoms with Crippen molar-refractivity contribution in [3.63, 3.8) is 0 Å². The molecular weight excluding hydrogens is 234 g/mol. The minimum Gasteiger partial charge on any atom is -0.388 e. The maximum absolute atomic E-state index is 9.38. The molecule has 0 fully saturated rings. The molecular formula is C7H7Cl3N2O. The van der Waals surface area contributed by atoms with Gasteiger partial charge in [-0.15, -0.1) is 0 Å². The third-order valence-electron chi connectivity index (χ3n) is 1.40. The Morgan fingerprint density at radius 3 is 2.54 bits per heavy atom. The van der Waals surface area contributed by atoms with Crippen molar-refractivity contribution in [1.29, 1.82) is 0 Å². The van der Waals surface area contributed by atoms with Gasteiger partial charge in [-0.1, -0.05) is 34.8 Å². The van der Waals surface area contributed by atoms with Crippen molar-refractivity contribution in [3.8, 4) is 0 Å². The van der Waals surface area contributed by atoms with Crippen molar-refractivity contribution in [1.82, 2.24) is 9.97 Å². The van der Waals surface area contributed by atoms with Gasteiger partial charge in [0, 0.05) is 25.0 Å². The molecule has 0 saturated carbocycles. The molecule has 0 bridgehead atoms. The largest absolute Gasteiger partial charge is 0.388 e. The average Bonchev–Trinajstić information content (AvgIpc) is 2.04. The van der Waals surface area contributed by atoms with Crippen LogP contribution in [0.15, 0.2) is 18.6 Å². The highest BCUT2D eigenvalue weighted by atomic mass is 35.6. The van der Waals surface area contributed by atoms with Gasteiger partial charge in [-0.2, -0.15) is 0 Å². The number of nitrogens with zero attached hydrogens (tertiary/aromatic N) is 2. The number of rotatable bonds is 2. The van der Waals surface area contributed by atoms with Crippen LogP contribution >= 0.6 is 34.8 Å². The van der Waals surface area contributed by atoms with Crippen molar-refractivity contribution >= 4 is 34.8 Å². The van der Waals surface area contributed by atoms with Crippen LogP contribution in [0.25, 0.3) is 0 Å². The molecule has 6 heteroatoms. The molecule has 0 aliphatic rings. The zero-order chi connectivity index (χ0) is 9.90. The van der Waals surface area contributed by atoms with E-state index in [2.05, 4.69) is 9.97 Å². The van der Waals surface area contributed by atoms with E-state index in [1.165, 1.54) is 18.6 Å². The number of halogens is 3. The third-order valence-corrected chi connectivity index (χ3v) is 2.15. The summed E-state index contributed by atoms with van der Waals surface area (Å²) in [5, 5.41) is 9.38. The number of hydrogen-bond donors (Lipinski definition) is 1. The summed E-state index contributed by atoms with van der Waals surface area (Å²) < 4.78 is -1.68. The number of aliphatic hydroxyl groups is 1. The van der Waals surface area contributed by atoms with Crippen LogP contribution in [-0.2, 0) is 6.42 Å². The predicted molar refractivity (Wildman–Crippen MR) is 52.0 cm³/mol. The van der Waals surface area contributed by atoms with Crippen molar-refractivity contribution < 1.29 is 5.11 Å². The van der Waals surface area contributed by atoms with Gasteiger partial charge < -0.3 is 5.11 Å². The van der Waals surface area contributed by atoms with Crippen LogP contribution in [0.4, 0.5) is 0 Å². The quantitative estimate of drug-likeness (QED) is 0.803. The van der Waals surface area contributed by atoms with E-state index in [1.54, 1.807) is 0 Å². The van der Waals surface area contributed by atoms with Crippen LogP contribution in [0.5, 0.6) is 0 Å². The maximum Gasteiger partial charge on any atom is 0.216 e. The Morgan fingerprint density at radius 1 is 1.38 bits per heavy atom. The summed E-state index contributed by atoms with van der Waals surface area (Å²) in [6, 6.07) is 0. The Labute approximate surface area is 90.7 Å². The van der Waals surface area contributed by atoms with E-state index in [4.69, 9.17) is 34.8 Å². The fraction of sp³-hybridized carbons (Fsp3) is 0.429. The Balaban J connectivity index is 2.61. The third kappa shape index (κ3) is 3.65. The highest BCUT2D eigenvalue weighted by molar-refractivity contribution is 6.68. The molecule has 1 N–H and O–H groups in total. The first-order valence-corrected chi connectivity index (χ1v) is 4.63. The molecule has 13 heavy (non-hydrogen) atoms. The van der Waals surface area contributed by atoms with Crippen LogP contribution in [0.2, 0.25) is 0 Å². The van der Waals surface area contributed by atoms with E-state index in [-0.39, 0.29) is 6.42 Å². The van der Waals surface area contributed by atoms with Crippen LogP contribution in [0, 0.1) is 0 Å². The highest BCUT2D eigenvalue weighted by Crippen LogP contribution is 2.31. The van der Waals surface area contributed by atoms with E-state index < -0.39 is 9.90 Å². The van der Waals surface area contributed by atoms with Crippen LogP contribution in [-0.4, -0.2) is 25.0 Å². The van der Waals surface area contributed by atoms with Gasteiger partial charge in [0.1, 0.15) is 6.10 Å². The summed E-state index contributed by atoms with van der Waals surface area (Å²) in [5.74, 6) is 0. The van der Waals surface area contributed by atoms with Gasteiger partial charge in [0.05, 0.1) is 5.69 Å². The molecule has 1 atom stereocenters. The van der Waals surface area contributed by atoms with Crippen molar-refractivity contribution in [2.45, 2.75) is 16.3 Å². The molecule has 1 heterocycles. The second kappa shape index (κ2) is 4.42. The van der Waals surface area contributed by atoms with Crippen molar-refractivity contribution in [2.75, 3.05) is 0 Å². The molecule has 0 spiro atoms. The second-order valence-electron chi connectivity index (χ2n) is 2.46. The highest BCUT2D eigenvalue weighted by Gasteiger charge is 2.30. The molecule has 1 aromatic heterocycles. The number of aromatic nitrogens is 2. The summed E-state index contributed by atoms with van der Waals surface area (Å²) in [7, 11) is 0. The molecule has 1 unspecified atom stereocenters. The molecule has 0 aromatic carbocycles. The lowest BCUT2D eigenvalue weighted by molar-refractivity contribution is 0.178. The monoisotopic (exact) mass is 240 g/mol. The number of alkyl halides is 3. The average molecular weight is 242 g/mol. The number of aliphatic hydroxyl groups excluding tert-OH is 1. The van der Waals surface area contributed by atoms with E-state index >= 15 is 0 Å². The SMILES string of the molecule is OC(Cc1cnccn1)C(Cl)(Cl)Cl. The summed E-state index contributed by atoms with van der Waals surface area (Å²) in [4.78, 5) is 7.75. The Bertz CT molecular complexity index is 262. The normalized spacial score (nSPS) is 14.2. The van der Waals surface area contributed by atoms with Gasteiger partial charge in [0.15, 0.2) is 0 Å². The van der Waals surface area contributed by atoms with Crippen LogP contribution in [0.3, 0.4) is 0 Å². The van der Waals surface area contributed by atoms with Crippen LogP contribution < -0.4 is 0 Å². The fourth-order valence-corrected chi connectivity index (χ4v) is 0.981. The first-order chi connectivity index (χ1) is 6.00. The lowest BCUT2D eigenvalue weighted by Crippen LogP contribution is -2.27. The lowest BCUT2D eigenvalue weighted by Gasteiger charge is -2.17. The van der Waals surface area contributed by atoms with Gasteiger partial charge in [-0.25, -0.2) is 0 Å². The topological polar surface area (TPSA) is 46.0 Å². The van der Waals surface area contributed by atoms with Gasteiger partial charge in [0.2, 0.25) is 3.79 Å². The molecule has 3 nitrogen and oxygen atoms in total. The van der Waals surface area contributed by atoms with Crippen molar-refractivity contribution in [3.05, 3.63) is 24.3 Å². The van der Waals surface area contributed by atoms with Gasteiger partial charge in [0.25, 0.3) is 0 Å². The first-order valence-electron chi connectivity index (χ1n) is 3.50. The molecule has 0 amide bonds. The maximum atomic E-state index is 9.38.